The van der Waals surface area contributed by atoms with Crippen LogP contribution in [0.3, 0.4) is 0 Å². The number of hydrogen-bond donors (Lipinski definition) is 1. The van der Waals surface area contributed by atoms with Crippen LogP contribution in [0, 0.1) is 0 Å². The molecule has 0 atom stereocenters. The lowest BCUT2D eigenvalue weighted by atomic mass is 10.2. The van der Waals surface area contributed by atoms with Crippen LogP contribution < -0.4 is 4.90 Å². The van der Waals surface area contributed by atoms with Crippen molar-refractivity contribution in [1.29, 1.82) is 0 Å². The fourth-order valence-electron chi connectivity index (χ4n) is 2.36. The molecule has 2 aromatic rings. The summed E-state index contributed by atoms with van der Waals surface area (Å²) < 4.78 is 0.895. The van der Waals surface area contributed by atoms with Gasteiger partial charge in [0, 0.05) is 23.5 Å². The Labute approximate surface area is 120 Å². The lowest BCUT2D eigenvalue weighted by Crippen LogP contribution is -2.48. The average molecular weight is 290 g/mol. The molecule has 2 heterocycles. The van der Waals surface area contributed by atoms with Crippen LogP contribution in [-0.2, 0) is 4.79 Å². The van der Waals surface area contributed by atoms with Crippen molar-refractivity contribution in [2.45, 2.75) is 0 Å². The maximum Gasteiger partial charge on any atom is 0.345 e. The molecule has 0 saturated carbocycles. The summed E-state index contributed by atoms with van der Waals surface area (Å²) >= 11 is 1.24. The predicted molar refractivity (Wildman–Crippen MR) is 78.6 cm³/mol. The number of aromatic carboxylic acids is 1. The predicted octanol–water partition coefficient (Wildman–Crippen LogP) is 1.88. The number of amides is 1. The third kappa shape index (κ3) is 2.28. The third-order valence-electron chi connectivity index (χ3n) is 3.44. The van der Waals surface area contributed by atoms with E-state index in [0.717, 1.165) is 22.3 Å². The quantitative estimate of drug-likeness (QED) is 0.917. The third-order valence-corrected chi connectivity index (χ3v) is 4.52. The summed E-state index contributed by atoms with van der Waals surface area (Å²) in [5.74, 6) is -0.837. The molecule has 1 aromatic carbocycles. The number of piperazine rings is 1. The van der Waals surface area contributed by atoms with Gasteiger partial charge in [0.2, 0.25) is 5.91 Å². The number of rotatable bonds is 2. The fraction of sp³-hybridized carbons (Fsp3) is 0.286. The minimum Gasteiger partial charge on any atom is -0.477 e. The number of hydrogen-bond acceptors (Lipinski definition) is 4. The van der Waals surface area contributed by atoms with Crippen molar-refractivity contribution in [2.24, 2.45) is 0 Å². The lowest BCUT2D eigenvalue weighted by Gasteiger charge is -2.32. The Morgan fingerprint density at radius 3 is 2.80 bits per heavy atom. The number of thiophene rings is 1. The molecular formula is C14H14N2O3S. The van der Waals surface area contributed by atoms with Gasteiger partial charge in [0.1, 0.15) is 4.88 Å². The molecule has 1 amide bonds. The van der Waals surface area contributed by atoms with Crippen LogP contribution in [0.5, 0.6) is 0 Å². The molecule has 1 aromatic heterocycles. The van der Waals surface area contributed by atoms with Crippen LogP contribution in [0.4, 0.5) is 5.69 Å². The Bertz CT molecular complexity index is 695. The number of carbonyl (C=O) groups excluding carboxylic acids is 1. The van der Waals surface area contributed by atoms with E-state index in [4.69, 9.17) is 5.11 Å². The molecule has 1 saturated heterocycles. The van der Waals surface area contributed by atoms with E-state index >= 15 is 0 Å². The maximum atomic E-state index is 12.0. The van der Waals surface area contributed by atoms with Crippen molar-refractivity contribution in [1.82, 2.24) is 4.90 Å². The minimum absolute atomic E-state index is 0.0770. The molecule has 0 radical (unpaired) electrons. The van der Waals surface area contributed by atoms with Crippen LogP contribution >= 0.6 is 11.3 Å². The Hall–Kier alpha value is -1.92. The first-order valence-electron chi connectivity index (χ1n) is 6.30. The molecule has 0 bridgehead atoms. The van der Waals surface area contributed by atoms with E-state index in [9.17, 15) is 9.59 Å². The molecule has 1 fully saturated rings. The van der Waals surface area contributed by atoms with E-state index in [1.165, 1.54) is 11.3 Å². The molecule has 0 aliphatic carbocycles. The Morgan fingerprint density at radius 1 is 1.30 bits per heavy atom. The highest BCUT2D eigenvalue weighted by Crippen LogP contribution is 2.30. The van der Waals surface area contributed by atoms with Gasteiger partial charge in [-0.05, 0) is 30.6 Å². The zero-order valence-electron chi connectivity index (χ0n) is 11.0. The van der Waals surface area contributed by atoms with Gasteiger partial charge in [-0.3, -0.25) is 9.69 Å². The maximum absolute atomic E-state index is 12.0. The monoisotopic (exact) mass is 290 g/mol. The number of carbonyl (C=O) groups is 2. The lowest BCUT2D eigenvalue weighted by molar-refractivity contribution is -0.120. The smallest absolute Gasteiger partial charge is 0.345 e. The molecule has 1 N–H and O–H groups in total. The minimum atomic E-state index is -0.913. The Balaban J connectivity index is 1.96. The highest BCUT2D eigenvalue weighted by molar-refractivity contribution is 7.20. The van der Waals surface area contributed by atoms with Crippen molar-refractivity contribution in [3.8, 4) is 0 Å². The van der Waals surface area contributed by atoms with Crippen LogP contribution in [0.2, 0.25) is 0 Å². The first-order chi connectivity index (χ1) is 9.54. The Morgan fingerprint density at radius 2 is 2.10 bits per heavy atom. The first kappa shape index (κ1) is 13.1. The van der Waals surface area contributed by atoms with Crippen molar-refractivity contribution in [2.75, 3.05) is 31.6 Å². The van der Waals surface area contributed by atoms with Crippen LogP contribution in [0.15, 0.2) is 24.3 Å². The summed E-state index contributed by atoms with van der Waals surface area (Å²) in [6, 6.07) is 7.32. The first-order valence-corrected chi connectivity index (χ1v) is 7.12. The zero-order valence-corrected chi connectivity index (χ0v) is 11.8. The number of carboxylic acid groups (broad SMARTS) is 1. The van der Waals surface area contributed by atoms with Gasteiger partial charge >= 0.3 is 5.97 Å². The van der Waals surface area contributed by atoms with Gasteiger partial charge in [-0.15, -0.1) is 11.3 Å². The van der Waals surface area contributed by atoms with E-state index in [1.807, 2.05) is 30.1 Å². The second-order valence-electron chi connectivity index (χ2n) is 4.92. The average Bonchev–Trinajstić information content (AvgIpc) is 2.81. The van der Waals surface area contributed by atoms with E-state index in [-0.39, 0.29) is 5.91 Å². The van der Waals surface area contributed by atoms with Crippen LogP contribution in [0.25, 0.3) is 10.1 Å². The van der Waals surface area contributed by atoms with Gasteiger partial charge in [0.25, 0.3) is 0 Å². The highest BCUT2D eigenvalue weighted by Gasteiger charge is 2.23. The molecule has 0 unspecified atom stereocenters. The Kier molecular flexibility index (Phi) is 3.19. The van der Waals surface area contributed by atoms with Crippen molar-refractivity contribution in [3.63, 3.8) is 0 Å². The second kappa shape index (κ2) is 4.88. The van der Waals surface area contributed by atoms with Gasteiger partial charge in [0.15, 0.2) is 0 Å². The number of benzene rings is 1. The second-order valence-corrected chi connectivity index (χ2v) is 6.00. The topological polar surface area (TPSA) is 60.9 Å². The largest absolute Gasteiger partial charge is 0.477 e. The highest BCUT2D eigenvalue weighted by atomic mass is 32.1. The van der Waals surface area contributed by atoms with Gasteiger partial charge in [-0.1, -0.05) is 6.07 Å². The molecule has 3 rings (SSSR count). The number of likely N-dealkylation sites (N-methyl/N-ethyl adjacent to an activating group) is 1. The van der Waals surface area contributed by atoms with E-state index in [1.54, 1.807) is 11.0 Å². The van der Waals surface area contributed by atoms with Crippen molar-refractivity contribution >= 4 is 39.0 Å². The molecule has 20 heavy (non-hydrogen) atoms. The number of nitrogens with zero attached hydrogens (tertiary/aromatic N) is 2. The normalized spacial score (nSPS) is 16.9. The number of anilines is 1. The van der Waals surface area contributed by atoms with Gasteiger partial charge < -0.3 is 10.0 Å². The summed E-state index contributed by atoms with van der Waals surface area (Å²) in [6.45, 7) is 1.93. The van der Waals surface area contributed by atoms with Crippen molar-refractivity contribution < 1.29 is 14.7 Å². The standard InChI is InChI=1S/C14H14N2O3S/c1-15-4-5-16(13(17)8-15)10-3-2-9-6-12(14(18)19)20-11(9)7-10/h2-3,6-7H,4-5,8H2,1H3,(H,18,19). The van der Waals surface area contributed by atoms with Gasteiger partial charge in [-0.25, -0.2) is 4.79 Å². The zero-order chi connectivity index (χ0) is 14.3. The SMILES string of the molecule is CN1CCN(c2ccc3cc(C(=O)O)sc3c2)C(=O)C1. The molecule has 0 spiro atoms. The summed E-state index contributed by atoms with van der Waals surface area (Å²) in [5.41, 5.74) is 0.842. The van der Waals surface area contributed by atoms with E-state index in [2.05, 4.69) is 0 Å². The summed E-state index contributed by atoms with van der Waals surface area (Å²) in [5, 5.41) is 9.92. The van der Waals surface area contributed by atoms with E-state index in [0.29, 0.717) is 18.0 Å². The summed E-state index contributed by atoms with van der Waals surface area (Å²) in [4.78, 5) is 27.1. The molecular weight excluding hydrogens is 276 g/mol. The molecule has 5 nitrogen and oxygen atoms in total. The van der Waals surface area contributed by atoms with Gasteiger partial charge in [0.05, 0.1) is 6.54 Å². The molecule has 1 aliphatic rings. The van der Waals surface area contributed by atoms with E-state index < -0.39 is 5.97 Å². The molecule has 104 valence electrons. The van der Waals surface area contributed by atoms with Crippen molar-refractivity contribution in [3.05, 3.63) is 29.1 Å². The van der Waals surface area contributed by atoms with Crippen LogP contribution in [-0.4, -0.2) is 48.6 Å². The molecule has 1 aliphatic heterocycles. The number of fused-ring (bicyclic) bond motifs is 1. The summed E-state index contributed by atoms with van der Waals surface area (Å²) in [7, 11) is 1.93. The number of carboxylic acids is 1. The molecule has 6 heteroatoms. The summed E-state index contributed by atoms with van der Waals surface area (Å²) in [6.07, 6.45) is 0. The van der Waals surface area contributed by atoms with Crippen LogP contribution in [0.1, 0.15) is 9.67 Å². The van der Waals surface area contributed by atoms with Gasteiger partial charge in [-0.2, -0.15) is 0 Å². The fourth-order valence-corrected chi connectivity index (χ4v) is 3.29.